The minimum Gasteiger partial charge on any atom is -0.328 e. The first-order chi connectivity index (χ1) is 8.58. The van der Waals surface area contributed by atoms with E-state index in [1.165, 1.54) is 0 Å². The average molecular weight is 268 g/mol. The van der Waals surface area contributed by atoms with Crippen molar-refractivity contribution in [3.8, 4) is 0 Å². The van der Waals surface area contributed by atoms with E-state index >= 15 is 0 Å². The van der Waals surface area contributed by atoms with Gasteiger partial charge in [-0.2, -0.15) is 0 Å². The van der Waals surface area contributed by atoms with Crippen molar-refractivity contribution in [3.63, 3.8) is 0 Å². The molecular formula is C13H20N2O2S. The zero-order valence-electron chi connectivity index (χ0n) is 10.4. The number of benzene rings is 1. The molecule has 1 aromatic carbocycles. The first-order valence-corrected chi connectivity index (χ1v) is 7.86. The van der Waals surface area contributed by atoms with Gasteiger partial charge >= 0.3 is 0 Å². The molecule has 1 fully saturated rings. The number of nitrogens with two attached hydrogens (primary N) is 1. The van der Waals surface area contributed by atoms with Crippen molar-refractivity contribution >= 4 is 10.0 Å². The Bertz CT molecular complexity index is 465. The molecular weight excluding hydrogens is 248 g/mol. The zero-order valence-corrected chi connectivity index (χ0v) is 11.2. The van der Waals surface area contributed by atoms with Crippen LogP contribution < -0.4 is 10.5 Å². The third-order valence-electron chi connectivity index (χ3n) is 3.51. The van der Waals surface area contributed by atoms with Crippen LogP contribution in [0.2, 0.25) is 0 Å². The molecule has 0 aromatic heterocycles. The van der Waals surface area contributed by atoms with Crippen molar-refractivity contribution in [2.45, 2.75) is 36.6 Å². The van der Waals surface area contributed by atoms with E-state index in [4.69, 9.17) is 5.73 Å². The summed E-state index contributed by atoms with van der Waals surface area (Å²) in [6.45, 7) is 0.518. The van der Waals surface area contributed by atoms with E-state index in [9.17, 15) is 8.42 Å². The van der Waals surface area contributed by atoms with Gasteiger partial charge < -0.3 is 5.73 Å². The molecule has 0 bridgehead atoms. The number of sulfonamides is 1. The largest absolute Gasteiger partial charge is 0.328 e. The highest BCUT2D eigenvalue weighted by Crippen LogP contribution is 2.22. The molecule has 18 heavy (non-hydrogen) atoms. The van der Waals surface area contributed by atoms with Gasteiger partial charge in [-0.3, -0.25) is 0 Å². The van der Waals surface area contributed by atoms with Gasteiger partial charge in [0.1, 0.15) is 0 Å². The van der Waals surface area contributed by atoms with E-state index < -0.39 is 10.0 Å². The molecule has 0 amide bonds. The van der Waals surface area contributed by atoms with Crippen LogP contribution in [-0.4, -0.2) is 21.0 Å². The Labute approximate surface area is 109 Å². The fourth-order valence-corrected chi connectivity index (χ4v) is 3.44. The van der Waals surface area contributed by atoms with Crippen LogP contribution in [0.5, 0.6) is 0 Å². The lowest BCUT2D eigenvalue weighted by molar-refractivity contribution is 0.326. The molecule has 3 N–H and O–H groups in total. The maximum Gasteiger partial charge on any atom is 0.240 e. The summed E-state index contributed by atoms with van der Waals surface area (Å²) in [6.07, 6.45) is 4.02. The van der Waals surface area contributed by atoms with E-state index in [1.807, 2.05) is 6.07 Å². The molecule has 1 saturated carbocycles. The van der Waals surface area contributed by atoms with Gasteiger partial charge in [0.25, 0.3) is 0 Å². The van der Waals surface area contributed by atoms with Crippen LogP contribution in [0.15, 0.2) is 35.2 Å². The van der Waals surface area contributed by atoms with E-state index in [0.717, 1.165) is 25.7 Å². The van der Waals surface area contributed by atoms with Crippen molar-refractivity contribution in [2.24, 2.45) is 11.7 Å². The molecule has 1 aromatic rings. The Balaban J connectivity index is 1.90. The predicted octanol–water partition coefficient (Wildman–Crippen LogP) is 1.48. The maximum atomic E-state index is 12.0. The van der Waals surface area contributed by atoms with Crippen LogP contribution in [0.4, 0.5) is 0 Å². The van der Waals surface area contributed by atoms with Crippen LogP contribution in [0.1, 0.15) is 25.7 Å². The lowest BCUT2D eigenvalue weighted by Crippen LogP contribution is -2.34. The van der Waals surface area contributed by atoms with Gasteiger partial charge in [-0.1, -0.05) is 18.2 Å². The number of nitrogens with one attached hydrogen (secondary N) is 1. The monoisotopic (exact) mass is 268 g/mol. The van der Waals surface area contributed by atoms with Gasteiger partial charge in [0.05, 0.1) is 4.90 Å². The fraction of sp³-hybridized carbons (Fsp3) is 0.538. The summed E-state index contributed by atoms with van der Waals surface area (Å²) >= 11 is 0. The maximum absolute atomic E-state index is 12.0. The molecule has 0 heterocycles. The van der Waals surface area contributed by atoms with Crippen LogP contribution in [0, 0.1) is 5.92 Å². The standard InChI is InChI=1S/C13H20N2O2S/c14-12-8-6-11(7-9-12)10-15-18(16,17)13-4-2-1-3-5-13/h1-5,11-12,15H,6-10,14H2. The Morgan fingerprint density at radius 2 is 1.72 bits per heavy atom. The first kappa shape index (κ1) is 13.5. The summed E-state index contributed by atoms with van der Waals surface area (Å²) < 4.78 is 26.7. The highest BCUT2D eigenvalue weighted by molar-refractivity contribution is 7.89. The lowest BCUT2D eigenvalue weighted by Gasteiger charge is -2.26. The van der Waals surface area contributed by atoms with Crippen molar-refractivity contribution in [2.75, 3.05) is 6.54 Å². The highest BCUT2D eigenvalue weighted by Gasteiger charge is 2.21. The summed E-state index contributed by atoms with van der Waals surface area (Å²) in [5.74, 6) is 0.420. The summed E-state index contributed by atoms with van der Waals surface area (Å²) in [5, 5.41) is 0. The van der Waals surface area contributed by atoms with Crippen LogP contribution >= 0.6 is 0 Å². The number of hydrogen-bond acceptors (Lipinski definition) is 3. The van der Waals surface area contributed by atoms with Gasteiger partial charge in [-0.05, 0) is 43.7 Å². The van der Waals surface area contributed by atoms with Crippen LogP contribution in [0.3, 0.4) is 0 Å². The van der Waals surface area contributed by atoms with Crippen molar-refractivity contribution < 1.29 is 8.42 Å². The smallest absolute Gasteiger partial charge is 0.240 e. The normalized spacial score (nSPS) is 24.9. The SMILES string of the molecule is NC1CCC(CNS(=O)(=O)c2ccccc2)CC1. The minimum atomic E-state index is -3.35. The summed E-state index contributed by atoms with van der Waals surface area (Å²) in [4.78, 5) is 0.331. The molecule has 0 saturated heterocycles. The van der Waals surface area contributed by atoms with Crippen LogP contribution in [-0.2, 0) is 10.0 Å². The van der Waals surface area contributed by atoms with Gasteiger partial charge in [0, 0.05) is 12.6 Å². The van der Waals surface area contributed by atoms with Gasteiger partial charge in [0.2, 0.25) is 10.0 Å². The summed E-state index contributed by atoms with van der Waals surface area (Å²) in [6, 6.07) is 8.79. The number of hydrogen-bond donors (Lipinski definition) is 2. The van der Waals surface area contributed by atoms with Crippen molar-refractivity contribution in [3.05, 3.63) is 30.3 Å². The first-order valence-electron chi connectivity index (χ1n) is 6.38. The second kappa shape index (κ2) is 5.82. The molecule has 0 radical (unpaired) electrons. The molecule has 0 unspecified atom stereocenters. The molecule has 1 aliphatic carbocycles. The predicted molar refractivity (Wildman–Crippen MR) is 71.6 cm³/mol. The third-order valence-corrected chi connectivity index (χ3v) is 4.95. The second-order valence-corrected chi connectivity index (χ2v) is 6.71. The molecule has 0 spiro atoms. The molecule has 0 aliphatic heterocycles. The van der Waals surface area contributed by atoms with E-state index in [2.05, 4.69) is 4.72 Å². The molecule has 5 heteroatoms. The van der Waals surface area contributed by atoms with Gasteiger partial charge in [0.15, 0.2) is 0 Å². The van der Waals surface area contributed by atoms with E-state index in [1.54, 1.807) is 24.3 Å². The van der Waals surface area contributed by atoms with Crippen molar-refractivity contribution in [1.29, 1.82) is 0 Å². The van der Waals surface area contributed by atoms with E-state index in [-0.39, 0.29) is 0 Å². The highest BCUT2D eigenvalue weighted by atomic mass is 32.2. The molecule has 100 valence electrons. The summed E-state index contributed by atoms with van der Waals surface area (Å²) in [7, 11) is -3.35. The summed E-state index contributed by atoms with van der Waals surface area (Å²) in [5.41, 5.74) is 5.83. The van der Waals surface area contributed by atoms with Gasteiger partial charge in [-0.25, -0.2) is 13.1 Å². The van der Waals surface area contributed by atoms with E-state index in [0.29, 0.717) is 23.4 Å². The Kier molecular flexibility index (Phi) is 4.37. The van der Waals surface area contributed by atoms with Crippen molar-refractivity contribution in [1.82, 2.24) is 4.72 Å². The number of rotatable bonds is 4. The Morgan fingerprint density at radius 3 is 2.33 bits per heavy atom. The second-order valence-electron chi connectivity index (χ2n) is 4.95. The zero-order chi connectivity index (χ0) is 13.0. The minimum absolute atomic E-state index is 0.298. The molecule has 1 aliphatic rings. The Morgan fingerprint density at radius 1 is 1.11 bits per heavy atom. The lowest BCUT2D eigenvalue weighted by atomic mass is 9.87. The van der Waals surface area contributed by atoms with Crippen LogP contribution in [0.25, 0.3) is 0 Å². The fourth-order valence-electron chi connectivity index (χ4n) is 2.30. The van der Waals surface area contributed by atoms with Gasteiger partial charge in [-0.15, -0.1) is 0 Å². The molecule has 0 atom stereocenters. The third kappa shape index (κ3) is 3.54. The quantitative estimate of drug-likeness (QED) is 0.869. The molecule has 4 nitrogen and oxygen atoms in total. The molecule has 2 rings (SSSR count). The topological polar surface area (TPSA) is 72.2 Å². The average Bonchev–Trinajstić information content (AvgIpc) is 2.39. The Hall–Kier alpha value is -0.910.